The number of allylic oxidation sites excluding steroid dienone is 1. The van der Waals surface area contributed by atoms with Gasteiger partial charge in [0.05, 0.1) is 0 Å². The molecule has 3 heteroatoms. The summed E-state index contributed by atoms with van der Waals surface area (Å²) in [6, 6.07) is 3.16. The Balaban J connectivity index is 1.56. The van der Waals surface area contributed by atoms with Crippen molar-refractivity contribution in [3.63, 3.8) is 0 Å². The fourth-order valence-corrected chi connectivity index (χ4v) is 5.24. The van der Waals surface area contributed by atoms with Crippen LogP contribution in [-0.4, -0.2) is 0 Å². The first-order valence-corrected chi connectivity index (χ1v) is 10.3. The third-order valence-corrected chi connectivity index (χ3v) is 6.73. The first-order valence-electron chi connectivity index (χ1n) is 9.87. The van der Waals surface area contributed by atoms with Crippen LogP contribution in [0.3, 0.4) is 0 Å². The van der Waals surface area contributed by atoms with Crippen molar-refractivity contribution in [3.8, 4) is 0 Å². The Morgan fingerprint density at radius 2 is 1.44 bits per heavy atom. The molecule has 0 aliphatic heterocycles. The number of halogens is 3. The zero-order chi connectivity index (χ0) is 17.8. The number of benzene rings is 1. The monoisotopic (exact) mass is 366 g/mol. The predicted octanol–water partition coefficient (Wildman–Crippen LogP) is 7.36. The second-order valence-corrected chi connectivity index (χ2v) is 8.17. The summed E-state index contributed by atoms with van der Waals surface area (Å²) < 4.78 is 28.2. The Kier molecular flexibility index (Phi) is 6.55. The number of hydrogen-bond donors (Lipinski definition) is 0. The third kappa shape index (κ3) is 4.45. The van der Waals surface area contributed by atoms with Crippen LogP contribution in [0.1, 0.15) is 75.3 Å². The minimum Gasteiger partial charge on any atom is -0.207 e. The summed E-state index contributed by atoms with van der Waals surface area (Å²) in [4.78, 5) is 0. The molecule has 0 radical (unpaired) electrons. The highest BCUT2D eigenvalue weighted by Gasteiger charge is 2.31. The molecule has 2 fully saturated rings. The maximum absolute atomic E-state index is 14.1. The molecule has 2 saturated carbocycles. The predicted molar refractivity (Wildman–Crippen MR) is 101 cm³/mol. The summed E-state index contributed by atoms with van der Waals surface area (Å²) in [6.45, 7) is 1.80. The summed E-state index contributed by atoms with van der Waals surface area (Å²) in [5.41, 5.74) is 2.75. The van der Waals surface area contributed by atoms with Gasteiger partial charge in [0.25, 0.3) is 0 Å². The summed E-state index contributed by atoms with van der Waals surface area (Å²) in [6.07, 6.45) is 12.2. The van der Waals surface area contributed by atoms with Crippen LogP contribution in [0.4, 0.5) is 8.78 Å². The second kappa shape index (κ2) is 8.66. The molecule has 0 bridgehead atoms. The van der Waals surface area contributed by atoms with E-state index in [1.807, 2.05) is 0 Å². The standard InChI is InChI=1S/C22H29ClF2/c1-2-20-21(24)13-19(14-22(20)25)18-9-7-17(8-10-18)16-5-3-15(4-6-16)11-12-23/h11-18H,2-10H2,1H3/b12-11+/t15-,16-,17?,18?. The SMILES string of the molecule is CCc1c(F)cc(C2CCC([C@H]3CC[C@H](/C=C/Cl)CC3)CC2)cc1F. The van der Waals surface area contributed by atoms with E-state index in [9.17, 15) is 8.78 Å². The molecular formula is C22H29ClF2. The first kappa shape index (κ1) is 18.9. The fourth-order valence-electron chi connectivity index (χ4n) is 5.03. The van der Waals surface area contributed by atoms with E-state index in [1.54, 1.807) is 24.6 Å². The molecule has 0 spiro atoms. The van der Waals surface area contributed by atoms with Crippen LogP contribution in [-0.2, 0) is 6.42 Å². The molecule has 1 aromatic carbocycles. The molecule has 138 valence electrons. The highest BCUT2D eigenvalue weighted by Crippen LogP contribution is 2.44. The van der Waals surface area contributed by atoms with Crippen LogP contribution in [0.15, 0.2) is 23.7 Å². The van der Waals surface area contributed by atoms with Crippen LogP contribution in [0.25, 0.3) is 0 Å². The minimum absolute atomic E-state index is 0.222. The van der Waals surface area contributed by atoms with E-state index in [0.717, 1.165) is 30.2 Å². The molecule has 0 heterocycles. The lowest BCUT2D eigenvalue weighted by Crippen LogP contribution is -2.25. The second-order valence-electron chi connectivity index (χ2n) is 7.92. The zero-order valence-electron chi connectivity index (χ0n) is 15.1. The van der Waals surface area contributed by atoms with Gasteiger partial charge in [-0.2, -0.15) is 0 Å². The van der Waals surface area contributed by atoms with Crippen LogP contribution in [0.2, 0.25) is 0 Å². The van der Waals surface area contributed by atoms with Crippen LogP contribution < -0.4 is 0 Å². The lowest BCUT2D eigenvalue weighted by molar-refractivity contribution is 0.171. The summed E-state index contributed by atoms with van der Waals surface area (Å²) in [5, 5.41) is 0. The lowest BCUT2D eigenvalue weighted by Gasteiger charge is -2.37. The Hall–Kier alpha value is -0.890. The molecule has 3 rings (SSSR count). The van der Waals surface area contributed by atoms with Crippen molar-refractivity contribution in [3.05, 3.63) is 46.5 Å². The lowest BCUT2D eigenvalue weighted by atomic mass is 9.68. The molecular weight excluding hydrogens is 338 g/mol. The van der Waals surface area contributed by atoms with Gasteiger partial charge >= 0.3 is 0 Å². The van der Waals surface area contributed by atoms with Crippen LogP contribution >= 0.6 is 11.6 Å². The minimum atomic E-state index is -0.370. The molecule has 2 aliphatic carbocycles. The van der Waals surface area contributed by atoms with Gasteiger partial charge in [0.1, 0.15) is 11.6 Å². The van der Waals surface area contributed by atoms with Crippen molar-refractivity contribution in [1.29, 1.82) is 0 Å². The van der Waals surface area contributed by atoms with Crippen molar-refractivity contribution in [2.45, 2.75) is 70.6 Å². The molecule has 0 amide bonds. The number of hydrogen-bond acceptors (Lipinski definition) is 0. The highest BCUT2D eigenvalue weighted by molar-refractivity contribution is 6.25. The van der Waals surface area contributed by atoms with E-state index >= 15 is 0 Å². The normalized spacial score (nSPS) is 30.7. The van der Waals surface area contributed by atoms with E-state index in [-0.39, 0.29) is 17.2 Å². The molecule has 0 atom stereocenters. The van der Waals surface area contributed by atoms with E-state index in [4.69, 9.17) is 11.6 Å². The Labute approximate surface area is 155 Å². The Morgan fingerprint density at radius 1 is 0.920 bits per heavy atom. The van der Waals surface area contributed by atoms with E-state index in [2.05, 4.69) is 6.08 Å². The van der Waals surface area contributed by atoms with Gasteiger partial charge < -0.3 is 0 Å². The fraction of sp³-hybridized carbons (Fsp3) is 0.636. The van der Waals surface area contributed by atoms with Crippen molar-refractivity contribution in [1.82, 2.24) is 0 Å². The quantitative estimate of drug-likeness (QED) is 0.522. The van der Waals surface area contributed by atoms with Gasteiger partial charge in [-0.1, -0.05) is 24.6 Å². The van der Waals surface area contributed by atoms with Crippen molar-refractivity contribution >= 4 is 11.6 Å². The smallest absolute Gasteiger partial charge is 0.129 e. The van der Waals surface area contributed by atoms with E-state index in [1.165, 1.54) is 38.5 Å². The van der Waals surface area contributed by atoms with Gasteiger partial charge in [0.15, 0.2) is 0 Å². The summed E-state index contributed by atoms with van der Waals surface area (Å²) in [5.74, 6) is 1.86. The van der Waals surface area contributed by atoms with Gasteiger partial charge in [0.2, 0.25) is 0 Å². The molecule has 0 saturated heterocycles. The van der Waals surface area contributed by atoms with Crippen LogP contribution in [0.5, 0.6) is 0 Å². The molecule has 0 aromatic heterocycles. The average molecular weight is 367 g/mol. The first-order chi connectivity index (χ1) is 12.1. The van der Waals surface area contributed by atoms with Gasteiger partial charge in [-0.05, 0) is 99.2 Å². The van der Waals surface area contributed by atoms with Crippen molar-refractivity contribution < 1.29 is 8.78 Å². The number of rotatable bonds is 4. The Bertz CT molecular complexity index is 571. The van der Waals surface area contributed by atoms with Crippen molar-refractivity contribution in [2.24, 2.45) is 17.8 Å². The van der Waals surface area contributed by atoms with Crippen molar-refractivity contribution in [2.75, 3.05) is 0 Å². The summed E-state index contributed by atoms with van der Waals surface area (Å²) >= 11 is 5.70. The summed E-state index contributed by atoms with van der Waals surface area (Å²) in [7, 11) is 0. The third-order valence-electron chi connectivity index (χ3n) is 6.59. The maximum Gasteiger partial charge on any atom is 0.129 e. The van der Waals surface area contributed by atoms with Gasteiger partial charge in [-0.25, -0.2) is 8.78 Å². The van der Waals surface area contributed by atoms with Crippen LogP contribution in [0, 0.1) is 29.4 Å². The average Bonchev–Trinajstić information content (AvgIpc) is 2.62. The van der Waals surface area contributed by atoms with Gasteiger partial charge in [0, 0.05) is 11.1 Å². The molecule has 1 aromatic rings. The largest absolute Gasteiger partial charge is 0.207 e. The van der Waals surface area contributed by atoms with Gasteiger partial charge in [-0.15, -0.1) is 0 Å². The zero-order valence-corrected chi connectivity index (χ0v) is 15.9. The van der Waals surface area contributed by atoms with E-state index in [0.29, 0.717) is 18.3 Å². The molecule has 2 aliphatic rings. The highest BCUT2D eigenvalue weighted by atomic mass is 35.5. The molecule has 0 unspecified atom stereocenters. The Morgan fingerprint density at radius 3 is 1.92 bits per heavy atom. The maximum atomic E-state index is 14.1. The molecule has 25 heavy (non-hydrogen) atoms. The molecule has 0 nitrogen and oxygen atoms in total. The van der Waals surface area contributed by atoms with Gasteiger partial charge in [-0.3, -0.25) is 0 Å². The molecule has 0 N–H and O–H groups in total. The van der Waals surface area contributed by atoms with E-state index < -0.39 is 0 Å². The topological polar surface area (TPSA) is 0 Å².